The van der Waals surface area contributed by atoms with Crippen LogP contribution < -0.4 is 10.6 Å². The van der Waals surface area contributed by atoms with Crippen LogP contribution in [0.1, 0.15) is 65.7 Å². The van der Waals surface area contributed by atoms with Gasteiger partial charge in [0.1, 0.15) is 0 Å². The van der Waals surface area contributed by atoms with Crippen molar-refractivity contribution >= 4 is 5.91 Å². The number of unbranched alkanes of at least 4 members (excludes halogenated alkanes) is 6. The zero-order valence-corrected chi connectivity index (χ0v) is 12.8. The van der Waals surface area contributed by atoms with Gasteiger partial charge >= 0.3 is 0 Å². The van der Waals surface area contributed by atoms with Crippen LogP contribution in [-0.4, -0.2) is 26.0 Å². The molecule has 0 spiro atoms. The lowest BCUT2D eigenvalue weighted by Crippen LogP contribution is -2.42. The zero-order chi connectivity index (χ0) is 13.9. The summed E-state index contributed by atoms with van der Waals surface area (Å²) in [5.41, 5.74) is -0.310. The minimum Gasteiger partial charge on any atom is -0.359 e. The molecule has 0 aliphatic carbocycles. The lowest BCUT2D eigenvalue weighted by molar-refractivity contribution is -0.128. The number of hydrogen-bond acceptors (Lipinski definition) is 2. The third-order valence-electron chi connectivity index (χ3n) is 3.37. The molecule has 0 saturated carbocycles. The largest absolute Gasteiger partial charge is 0.359 e. The van der Waals surface area contributed by atoms with Crippen molar-refractivity contribution in [3.8, 4) is 0 Å². The summed E-state index contributed by atoms with van der Waals surface area (Å²) in [6.45, 7) is 7.97. The maximum absolute atomic E-state index is 11.5. The van der Waals surface area contributed by atoms with Crippen LogP contribution in [0.2, 0.25) is 0 Å². The summed E-state index contributed by atoms with van der Waals surface area (Å²) in [6, 6.07) is 0. The summed E-state index contributed by atoms with van der Waals surface area (Å²) in [5, 5.41) is 6.09. The van der Waals surface area contributed by atoms with Gasteiger partial charge in [0.25, 0.3) is 0 Å². The Hall–Kier alpha value is -0.570. The molecule has 0 aromatic carbocycles. The molecule has 3 heteroatoms. The van der Waals surface area contributed by atoms with Crippen LogP contribution in [0.3, 0.4) is 0 Å². The molecule has 108 valence electrons. The Morgan fingerprint density at radius 1 is 1.00 bits per heavy atom. The van der Waals surface area contributed by atoms with E-state index in [1.54, 1.807) is 7.05 Å². The Morgan fingerprint density at radius 2 is 1.56 bits per heavy atom. The van der Waals surface area contributed by atoms with E-state index in [1.165, 1.54) is 44.9 Å². The Labute approximate surface area is 113 Å². The molecule has 2 N–H and O–H groups in total. The highest BCUT2D eigenvalue weighted by Gasteiger charge is 2.25. The van der Waals surface area contributed by atoms with Gasteiger partial charge < -0.3 is 10.6 Å². The lowest BCUT2D eigenvalue weighted by Gasteiger charge is -2.22. The standard InChI is InChI=1S/C15H32N2O/c1-5-6-7-8-9-10-11-12-17-13-15(2,3)14(18)16-4/h17H,5-13H2,1-4H3,(H,16,18). The second-order valence-corrected chi connectivity index (χ2v) is 5.76. The van der Waals surface area contributed by atoms with Crippen LogP contribution in [-0.2, 0) is 4.79 Å². The van der Waals surface area contributed by atoms with E-state index in [1.807, 2.05) is 13.8 Å². The zero-order valence-electron chi connectivity index (χ0n) is 12.8. The first kappa shape index (κ1) is 17.4. The van der Waals surface area contributed by atoms with E-state index in [-0.39, 0.29) is 11.3 Å². The van der Waals surface area contributed by atoms with Gasteiger partial charge in [0.15, 0.2) is 0 Å². The van der Waals surface area contributed by atoms with Crippen LogP contribution in [0.4, 0.5) is 0 Å². The van der Waals surface area contributed by atoms with Gasteiger partial charge in [0.2, 0.25) is 5.91 Å². The second kappa shape index (κ2) is 10.4. The van der Waals surface area contributed by atoms with Gasteiger partial charge in [0, 0.05) is 13.6 Å². The quantitative estimate of drug-likeness (QED) is 0.558. The van der Waals surface area contributed by atoms with Gasteiger partial charge in [0.05, 0.1) is 5.41 Å². The third-order valence-corrected chi connectivity index (χ3v) is 3.37. The number of amides is 1. The fraction of sp³-hybridized carbons (Fsp3) is 0.933. The molecule has 0 heterocycles. The first-order valence-electron chi connectivity index (χ1n) is 7.47. The maximum atomic E-state index is 11.5. The highest BCUT2D eigenvalue weighted by atomic mass is 16.2. The van der Waals surface area contributed by atoms with Gasteiger partial charge in [-0.25, -0.2) is 0 Å². The van der Waals surface area contributed by atoms with Crippen LogP contribution in [0.5, 0.6) is 0 Å². The fourth-order valence-electron chi connectivity index (χ4n) is 2.03. The number of hydrogen-bond donors (Lipinski definition) is 2. The van der Waals surface area contributed by atoms with E-state index in [0.717, 1.165) is 13.1 Å². The predicted molar refractivity (Wildman–Crippen MR) is 78.7 cm³/mol. The van der Waals surface area contributed by atoms with Crippen LogP contribution >= 0.6 is 0 Å². The summed E-state index contributed by atoms with van der Waals surface area (Å²) in [5.74, 6) is 0.106. The smallest absolute Gasteiger partial charge is 0.226 e. The van der Waals surface area contributed by atoms with Crippen molar-refractivity contribution in [3.63, 3.8) is 0 Å². The van der Waals surface area contributed by atoms with Crippen molar-refractivity contribution < 1.29 is 4.79 Å². The molecule has 1 amide bonds. The van der Waals surface area contributed by atoms with Crippen molar-refractivity contribution in [1.82, 2.24) is 10.6 Å². The molecule has 0 radical (unpaired) electrons. The summed E-state index contributed by atoms with van der Waals surface area (Å²) < 4.78 is 0. The highest BCUT2D eigenvalue weighted by Crippen LogP contribution is 2.13. The molecule has 0 aromatic rings. The molecule has 0 atom stereocenters. The van der Waals surface area contributed by atoms with E-state index in [9.17, 15) is 4.79 Å². The van der Waals surface area contributed by atoms with E-state index in [2.05, 4.69) is 17.6 Å². The molecule has 0 aromatic heterocycles. The van der Waals surface area contributed by atoms with Crippen molar-refractivity contribution in [2.75, 3.05) is 20.1 Å². The summed E-state index contributed by atoms with van der Waals surface area (Å²) in [7, 11) is 1.69. The monoisotopic (exact) mass is 256 g/mol. The second-order valence-electron chi connectivity index (χ2n) is 5.76. The van der Waals surface area contributed by atoms with Crippen LogP contribution in [0, 0.1) is 5.41 Å². The van der Waals surface area contributed by atoms with E-state index in [0.29, 0.717) is 0 Å². The van der Waals surface area contributed by atoms with Crippen molar-refractivity contribution in [1.29, 1.82) is 0 Å². The van der Waals surface area contributed by atoms with E-state index < -0.39 is 0 Å². The summed E-state index contributed by atoms with van der Waals surface area (Å²) in [6.07, 6.45) is 9.31. The first-order chi connectivity index (χ1) is 8.54. The van der Waals surface area contributed by atoms with E-state index >= 15 is 0 Å². The lowest BCUT2D eigenvalue weighted by atomic mass is 9.92. The number of carbonyl (C=O) groups excluding carboxylic acids is 1. The topological polar surface area (TPSA) is 41.1 Å². The summed E-state index contributed by atoms with van der Waals surface area (Å²) >= 11 is 0. The Bertz CT molecular complexity index is 215. The van der Waals surface area contributed by atoms with Gasteiger partial charge in [-0.05, 0) is 26.8 Å². The Kier molecular flexibility index (Phi) is 10.0. The Morgan fingerprint density at radius 3 is 2.11 bits per heavy atom. The maximum Gasteiger partial charge on any atom is 0.226 e. The molecular formula is C15H32N2O. The van der Waals surface area contributed by atoms with Crippen molar-refractivity contribution in [3.05, 3.63) is 0 Å². The molecule has 3 nitrogen and oxygen atoms in total. The third kappa shape index (κ3) is 8.51. The molecule has 0 unspecified atom stereocenters. The van der Waals surface area contributed by atoms with Crippen LogP contribution in [0.25, 0.3) is 0 Å². The van der Waals surface area contributed by atoms with Gasteiger partial charge in [-0.2, -0.15) is 0 Å². The van der Waals surface area contributed by atoms with Gasteiger partial charge in [-0.3, -0.25) is 4.79 Å². The minimum absolute atomic E-state index is 0.106. The average molecular weight is 256 g/mol. The van der Waals surface area contributed by atoms with Gasteiger partial charge in [-0.1, -0.05) is 45.4 Å². The molecule has 18 heavy (non-hydrogen) atoms. The first-order valence-corrected chi connectivity index (χ1v) is 7.47. The predicted octanol–water partition coefficient (Wildman–Crippen LogP) is 3.10. The highest BCUT2D eigenvalue weighted by molar-refractivity contribution is 5.81. The Balaban J connectivity index is 3.37. The van der Waals surface area contributed by atoms with Crippen molar-refractivity contribution in [2.24, 2.45) is 5.41 Å². The average Bonchev–Trinajstić information content (AvgIpc) is 2.35. The normalized spacial score (nSPS) is 11.6. The minimum atomic E-state index is -0.310. The molecule has 0 aliphatic rings. The summed E-state index contributed by atoms with van der Waals surface area (Å²) in [4.78, 5) is 11.5. The van der Waals surface area contributed by atoms with Gasteiger partial charge in [-0.15, -0.1) is 0 Å². The molecule has 0 rings (SSSR count). The molecule has 0 fully saturated rings. The molecule has 0 saturated heterocycles. The number of carbonyl (C=O) groups is 1. The van der Waals surface area contributed by atoms with E-state index in [4.69, 9.17) is 0 Å². The van der Waals surface area contributed by atoms with Crippen molar-refractivity contribution in [2.45, 2.75) is 65.7 Å². The van der Waals surface area contributed by atoms with Crippen LogP contribution in [0.15, 0.2) is 0 Å². The number of nitrogens with one attached hydrogen (secondary N) is 2. The number of rotatable bonds is 11. The SMILES string of the molecule is CCCCCCCCCNCC(C)(C)C(=O)NC. The molecule has 0 bridgehead atoms. The fourth-order valence-corrected chi connectivity index (χ4v) is 2.03. The molecule has 0 aliphatic heterocycles. The molecular weight excluding hydrogens is 224 g/mol.